The van der Waals surface area contributed by atoms with Gasteiger partial charge < -0.3 is 24.1 Å². The van der Waals surface area contributed by atoms with Crippen LogP contribution in [0.4, 0.5) is 0 Å². The number of hydrogen-bond acceptors (Lipinski definition) is 9. The standard InChI is InChI=1S/C34H48O8S/c1-19(26-17-32(7)29(3,4)41-34(40-26,42-32)18-27(37)43-8)33(38)14-11-24-28-23(10-13-31(24,33)6)30(5)12-9-22(36)15-21(30)16-25(28)39-20(2)35/h9,12,15,19,23-26,28,38H,10-11,13-14,16-18H2,1-8H3/t19-,23+,24+,25-,26-,28-,30+,31+,32-,33-,34+/m1/s1. The molecule has 5 fully saturated rings. The summed E-state index contributed by atoms with van der Waals surface area (Å²) < 4.78 is 25.5. The van der Waals surface area contributed by atoms with Crippen molar-refractivity contribution in [2.75, 3.05) is 6.26 Å². The Morgan fingerprint density at radius 2 is 1.81 bits per heavy atom. The first kappa shape index (κ1) is 31.5. The smallest absolute Gasteiger partial charge is 0.302 e. The molecule has 0 radical (unpaired) electrons. The lowest BCUT2D eigenvalue weighted by Gasteiger charge is -2.61. The Labute approximate surface area is 259 Å². The minimum absolute atomic E-state index is 0.0134. The van der Waals surface area contributed by atoms with Gasteiger partial charge in [0.1, 0.15) is 11.7 Å². The second-order valence-electron chi connectivity index (χ2n) is 15.3. The molecule has 0 aromatic heterocycles. The third-order valence-corrected chi connectivity index (χ3v) is 13.6. The van der Waals surface area contributed by atoms with Gasteiger partial charge in [-0.1, -0.05) is 44.2 Å². The van der Waals surface area contributed by atoms with Gasteiger partial charge in [0, 0.05) is 37.0 Å². The average Bonchev–Trinajstić information content (AvgIpc) is 3.26. The number of fused-ring (bicyclic) bond motifs is 7. The second-order valence-corrected chi connectivity index (χ2v) is 16.1. The molecule has 2 saturated heterocycles. The lowest BCUT2D eigenvalue weighted by Crippen LogP contribution is -2.62. The van der Waals surface area contributed by atoms with Gasteiger partial charge in [0.2, 0.25) is 0 Å². The normalized spacial score (nSPS) is 48.5. The van der Waals surface area contributed by atoms with Gasteiger partial charge >= 0.3 is 5.97 Å². The first-order chi connectivity index (χ1) is 19.9. The fraction of sp³-hybridized carbons (Fsp3) is 0.794. The number of carbonyl (C=O) groups is 3. The maximum Gasteiger partial charge on any atom is 0.302 e. The van der Waals surface area contributed by atoms with E-state index in [2.05, 4.69) is 26.8 Å². The van der Waals surface area contributed by atoms with Crippen LogP contribution in [0.15, 0.2) is 23.8 Å². The SMILES string of the molecule is CSC(=O)C[C@@]12O[C@@H]([C@@H](C)[C@]3(O)CC[C@H]4[C@@H]5[C@H](OC(C)=O)CC6=CC(=O)C=C[C@]6(C)[C@H]5CC[C@@]43C)C[C@@](C)(O1)C(C)(C)O2. The van der Waals surface area contributed by atoms with Crippen molar-refractivity contribution in [3.63, 3.8) is 0 Å². The summed E-state index contributed by atoms with van der Waals surface area (Å²) >= 11 is 1.13. The lowest BCUT2D eigenvalue weighted by molar-refractivity contribution is -0.396. The zero-order valence-corrected chi connectivity index (χ0v) is 27.7. The molecule has 6 aliphatic rings. The summed E-state index contributed by atoms with van der Waals surface area (Å²) in [5, 5.41) is 12.8. The fourth-order valence-electron chi connectivity index (χ4n) is 10.2. The van der Waals surface area contributed by atoms with E-state index in [0.717, 1.165) is 36.6 Å². The number of carbonyl (C=O) groups excluding carboxylic acids is 3. The molecule has 0 aromatic carbocycles. The summed E-state index contributed by atoms with van der Waals surface area (Å²) in [5.41, 5.74) is -2.10. The van der Waals surface area contributed by atoms with Crippen LogP contribution in [-0.2, 0) is 33.3 Å². The molecule has 0 amide bonds. The summed E-state index contributed by atoms with van der Waals surface area (Å²) in [6.45, 7) is 14.0. The van der Waals surface area contributed by atoms with Gasteiger partial charge in [-0.05, 0) is 82.1 Å². The van der Waals surface area contributed by atoms with Gasteiger partial charge in [-0.2, -0.15) is 0 Å². The fourth-order valence-corrected chi connectivity index (χ4v) is 10.5. The zero-order valence-electron chi connectivity index (χ0n) is 26.9. The third kappa shape index (κ3) is 4.49. The third-order valence-electron chi connectivity index (χ3n) is 13.0. The highest BCUT2D eigenvalue weighted by molar-refractivity contribution is 8.13. The highest BCUT2D eigenvalue weighted by Gasteiger charge is 2.71. The number of hydrogen-bond donors (Lipinski definition) is 1. The van der Waals surface area contributed by atoms with Crippen LogP contribution in [-0.4, -0.2) is 63.2 Å². The van der Waals surface area contributed by atoms with E-state index in [4.69, 9.17) is 18.9 Å². The second kappa shape index (κ2) is 9.99. The summed E-state index contributed by atoms with van der Waals surface area (Å²) in [7, 11) is 0. The maximum absolute atomic E-state index is 12.9. The molecular formula is C34H48O8S. The van der Waals surface area contributed by atoms with Crippen molar-refractivity contribution in [3.05, 3.63) is 23.8 Å². The molecule has 2 bridgehead atoms. The molecule has 0 aromatic rings. The van der Waals surface area contributed by atoms with Crippen molar-refractivity contribution in [1.82, 2.24) is 0 Å². The summed E-state index contributed by atoms with van der Waals surface area (Å²) in [6.07, 6.45) is 10.7. The molecule has 3 saturated carbocycles. The molecule has 0 spiro atoms. The van der Waals surface area contributed by atoms with Crippen LogP contribution in [0.2, 0.25) is 0 Å². The average molecular weight is 617 g/mol. The number of ether oxygens (including phenoxy) is 4. The Morgan fingerprint density at radius 3 is 2.49 bits per heavy atom. The Balaban J connectivity index is 1.33. The molecular weight excluding hydrogens is 568 g/mol. The number of allylic oxidation sites excluding steroid dienone is 3. The summed E-state index contributed by atoms with van der Waals surface area (Å²) in [5.74, 6) is -1.69. The molecule has 9 heteroatoms. The van der Waals surface area contributed by atoms with E-state index in [1.807, 2.05) is 20.8 Å². The first-order valence-electron chi connectivity index (χ1n) is 15.9. The number of rotatable bonds is 5. The molecule has 11 atom stereocenters. The van der Waals surface area contributed by atoms with Gasteiger partial charge in [-0.15, -0.1) is 0 Å². The van der Waals surface area contributed by atoms with E-state index >= 15 is 0 Å². The number of aliphatic hydroxyl groups is 1. The molecule has 1 N–H and O–H groups in total. The van der Waals surface area contributed by atoms with Crippen LogP contribution in [0.5, 0.6) is 0 Å². The lowest BCUT2D eigenvalue weighted by atomic mass is 9.46. The molecule has 8 nitrogen and oxygen atoms in total. The molecule has 43 heavy (non-hydrogen) atoms. The molecule has 6 rings (SSSR count). The van der Waals surface area contributed by atoms with Crippen LogP contribution in [0.25, 0.3) is 0 Å². The largest absolute Gasteiger partial charge is 0.462 e. The topological polar surface area (TPSA) is 108 Å². The molecule has 238 valence electrons. The molecule has 2 aliphatic heterocycles. The molecule has 2 heterocycles. The Morgan fingerprint density at radius 1 is 1.12 bits per heavy atom. The van der Waals surface area contributed by atoms with Crippen LogP contribution in [0.3, 0.4) is 0 Å². The minimum Gasteiger partial charge on any atom is -0.462 e. The summed E-state index contributed by atoms with van der Waals surface area (Å²) in [6, 6.07) is 0. The zero-order chi connectivity index (χ0) is 31.4. The van der Waals surface area contributed by atoms with Crippen LogP contribution in [0, 0.1) is 34.5 Å². The van der Waals surface area contributed by atoms with Crippen molar-refractivity contribution in [2.24, 2.45) is 34.5 Å². The molecule has 4 aliphatic carbocycles. The van der Waals surface area contributed by atoms with Crippen molar-refractivity contribution in [1.29, 1.82) is 0 Å². The predicted octanol–water partition coefficient (Wildman–Crippen LogP) is 5.51. The highest BCUT2D eigenvalue weighted by atomic mass is 32.2. The Bertz CT molecular complexity index is 1290. The maximum atomic E-state index is 12.9. The number of ketones is 1. The van der Waals surface area contributed by atoms with Gasteiger partial charge in [0.05, 0.1) is 23.7 Å². The van der Waals surface area contributed by atoms with Crippen molar-refractivity contribution < 1.29 is 38.4 Å². The van der Waals surface area contributed by atoms with Gasteiger partial charge in [0.15, 0.2) is 10.9 Å². The van der Waals surface area contributed by atoms with E-state index in [-0.39, 0.29) is 64.6 Å². The Kier molecular flexibility index (Phi) is 7.31. The number of esters is 1. The minimum atomic E-state index is -1.48. The van der Waals surface area contributed by atoms with Crippen LogP contribution < -0.4 is 0 Å². The van der Waals surface area contributed by atoms with Crippen molar-refractivity contribution in [3.8, 4) is 0 Å². The van der Waals surface area contributed by atoms with E-state index in [1.165, 1.54) is 6.92 Å². The quantitative estimate of drug-likeness (QED) is 0.400. The van der Waals surface area contributed by atoms with Gasteiger partial charge in [-0.25, -0.2) is 0 Å². The predicted molar refractivity (Wildman–Crippen MR) is 162 cm³/mol. The monoisotopic (exact) mass is 616 g/mol. The van der Waals surface area contributed by atoms with E-state index in [1.54, 1.807) is 18.4 Å². The van der Waals surface area contributed by atoms with Crippen LogP contribution >= 0.6 is 11.8 Å². The van der Waals surface area contributed by atoms with Crippen molar-refractivity contribution in [2.45, 2.75) is 128 Å². The van der Waals surface area contributed by atoms with Gasteiger partial charge in [0.25, 0.3) is 5.97 Å². The Hall–Kier alpha value is -1.52. The van der Waals surface area contributed by atoms with E-state index < -0.39 is 28.2 Å². The molecule has 0 unspecified atom stereocenters. The van der Waals surface area contributed by atoms with E-state index in [0.29, 0.717) is 19.3 Å². The van der Waals surface area contributed by atoms with E-state index in [9.17, 15) is 19.5 Å². The first-order valence-corrected chi connectivity index (χ1v) is 17.1. The summed E-state index contributed by atoms with van der Waals surface area (Å²) in [4.78, 5) is 37.3. The van der Waals surface area contributed by atoms with Crippen molar-refractivity contribution >= 4 is 28.6 Å². The highest BCUT2D eigenvalue weighted by Crippen LogP contribution is 2.69. The van der Waals surface area contributed by atoms with Gasteiger partial charge in [-0.3, -0.25) is 14.4 Å². The number of thioether (sulfide) groups is 1. The van der Waals surface area contributed by atoms with Crippen LogP contribution in [0.1, 0.15) is 93.4 Å².